The summed E-state index contributed by atoms with van der Waals surface area (Å²) >= 11 is 7.24. The van der Waals surface area contributed by atoms with Crippen LogP contribution in [0.15, 0.2) is 87.3 Å². The van der Waals surface area contributed by atoms with Crippen LogP contribution in [-0.2, 0) is 5.75 Å². The first kappa shape index (κ1) is 20.4. The number of halogens is 2. The van der Waals surface area contributed by atoms with Gasteiger partial charge in [0.2, 0.25) is 11.7 Å². The molecule has 0 atom stereocenters. The minimum Gasteiger partial charge on any atom is -0.338 e. The average Bonchev–Trinajstić information content (AvgIpc) is 3.28. The monoisotopic (exact) mass is 464 g/mol. The van der Waals surface area contributed by atoms with Gasteiger partial charge in [-0.25, -0.2) is 9.37 Å². The summed E-state index contributed by atoms with van der Waals surface area (Å²) in [6.45, 7) is 0. The standard InChI is InChI=1S/C23H14ClFN4O2S/c24-15-7-5-6-14(12-15)21-27-20(31-28-21)13-32-23-26-18-10-3-1-8-16(18)22(30)29(23)19-11-4-2-9-17(19)25/h1-12H,13H2. The Hall–Kier alpha value is -3.49. The number of para-hydroxylation sites is 2. The van der Waals surface area contributed by atoms with E-state index in [1.54, 1.807) is 60.7 Å². The van der Waals surface area contributed by atoms with Crippen molar-refractivity contribution in [2.45, 2.75) is 10.9 Å². The zero-order valence-corrected chi connectivity index (χ0v) is 18.0. The van der Waals surface area contributed by atoms with E-state index in [9.17, 15) is 9.18 Å². The molecular formula is C23H14ClFN4O2S. The Morgan fingerprint density at radius 1 is 1.00 bits per heavy atom. The van der Waals surface area contributed by atoms with Gasteiger partial charge in [0.15, 0.2) is 5.16 Å². The second kappa shape index (κ2) is 8.57. The lowest BCUT2D eigenvalue weighted by atomic mass is 10.2. The van der Waals surface area contributed by atoms with E-state index in [0.29, 0.717) is 32.8 Å². The van der Waals surface area contributed by atoms with Crippen molar-refractivity contribution in [2.75, 3.05) is 0 Å². The lowest BCUT2D eigenvalue weighted by Gasteiger charge is -2.13. The number of benzene rings is 3. The number of hydrogen-bond donors (Lipinski definition) is 0. The van der Waals surface area contributed by atoms with Crippen LogP contribution in [0, 0.1) is 5.82 Å². The van der Waals surface area contributed by atoms with Crippen LogP contribution >= 0.6 is 23.4 Å². The van der Waals surface area contributed by atoms with Crippen molar-refractivity contribution in [2.24, 2.45) is 0 Å². The molecule has 32 heavy (non-hydrogen) atoms. The average molecular weight is 465 g/mol. The van der Waals surface area contributed by atoms with Gasteiger partial charge >= 0.3 is 0 Å². The van der Waals surface area contributed by atoms with Crippen LogP contribution in [0.1, 0.15) is 5.89 Å². The Kier molecular flexibility index (Phi) is 5.46. The third kappa shape index (κ3) is 3.90. The molecule has 9 heteroatoms. The largest absolute Gasteiger partial charge is 0.338 e. The molecule has 2 aromatic heterocycles. The molecule has 0 aliphatic carbocycles. The Balaban J connectivity index is 1.53. The number of rotatable bonds is 5. The maximum Gasteiger partial charge on any atom is 0.266 e. The lowest BCUT2D eigenvalue weighted by Crippen LogP contribution is -2.22. The van der Waals surface area contributed by atoms with Crippen LogP contribution in [0.3, 0.4) is 0 Å². The fourth-order valence-electron chi connectivity index (χ4n) is 3.24. The van der Waals surface area contributed by atoms with Crippen molar-refractivity contribution in [3.63, 3.8) is 0 Å². The molecule has 5 aromatic rings. The third-order valence-electron chi connectivity index (χ3n) is 4.71. The molecule has 0 saturated carbocycles. The Morgan fingerprint density at radius 3 is 2.66 bits per heavy atom. The van der Waals surface area contributed by atoms with E-state index in [1.807, 2.05) is 6.07 Å². The molecule has 0 aliphatic heterocycles. The van der Waals surface area contributed by atoms with Gasteiger partial charge in [-0.2, -0.15) is 4.98 Å². The Labute approximate surface area is 190 Å². The minimum absolute atomic E-state index is 0.128. The second-order valence-electron chi connectivity index (χ2n) is 6.81. The molecular weight excluding hydrogens is 451 g/mol. The number of hydrogen-bond acceptors (Lipinski definition) is 6. The summed E-state index contributed by atoms with van der Waals surface area (Å²) in [6.07, 6.45) is 0. The maximum absolute atomic E-state index is 14.6. The molecule has 0 amide bonds. The van der Waals surface area contributed by atoms with Crippen molar-refractivity contribution >= 4 is 34.3 Å². The molecule has 0 saturated heterocycles. The first-order chi connectivity index (χ1) is 15.6. The summed E-state index contributed by atoms with van der Waals surface area (Å²) in [6, 6.07) is 20.2. The van der Waals surface area contributed by atoms with Crippen LogP contribution in [-0.4, -0.2) is 19.7 Å². The third-order valence-corrected chi connectivity index (χ3v) is 5.87. The van der Waals surface area contributed by atoms with Crippen LogP contribution < -0.4 is 5.56 Å². The summed E-state index contributed by atoms with van der Waals surface area (Å²) < 4.78 is 21.2. The molecule has 158 valence electrons. The van der Waals surface area contributed by atoms with Crippen molar-refractivity contribution in [3.8, 4) is 17.1 Å². The predicted octanol–water partition coefficient (Wildman–Crippen LogP) is 5.52. The van der Waals surface area contributed by atoms with Gasteiger partial charge < -0.3 is 4.52 Å². The minimum atomic E-state index is -0.519. The van der Waals surface area contributed by atoms with E-state index >= 15 is 0 Å². The molecule has 5 rings (SSSR count). The van der Waals surface area contributed by atoms with Crippen LogP contribution in [0.4, 0.5) is 4.39 Å². The highest BCUT2D eigenvalue weighted by atomic mass is 35.5. The smallest absolute Gasteiger partial charge is 0.266 e. The first-order valence-corrected chi connectivity index (χ1v) is 10.9. The van der Waals surface area contributed by atoms with Gasteiger partial charge in [-0.1, -0.05) is 64.9 Å². The van der Waals surface area contributed by atoms with E-state index < -0.39 is 5.82 Å². The Morgan fingerprint density at radius 2 is 1.81 bits per heavy atom. The fourth-order valence-corrected chi connectivity index (χ4v) is 4.27. The molecule has 2 heterocycles. The van der Waals surface area contributed by atoms with Gasteiger partial charge in [-0.05, 0) is 36.4 Å². The highest BCUT2D eigenvalue weighted by molar-refractivity contribution is 7.98. The van der Waals surface area contributed by atoms with E-state index in [2.05, 4.69) is 15.1 Å². The molecule has 0 aliphatic rings. The van der Waals surface area contributed by atoms with Gasteiger partial charge in [0, 0.05) is 10.6 Å². The van der Waals surface area contributed by atoms with Gasteiger partial charge in [-0.3, -0.25) is 9.36 Å². The number of nitrogens with zero attached hydrogens (tertiary/aromatic N) is 4. The fraction of sp³-hybridized carbons (Fsp3) is 0.0435. The van der Waals surface area contributed by atoms with Crippen molar-refractivity contribution < 1.29 is 8.91 Å². The number of fused-ring (bicyclic) bond motifs is 1. The highest BCUT2D eigenvalue weighted by Crippen LogP contribution is 2.26. The quantitative estimate of drug-likeness (QED) is 0.252. The van der Waals surface area contributed by atoms with Crippen LogP contribution in [0.5, 0.6) is 0 Å². The van der Waals surface area contributed by atoms with Crippen molar-refractivity contribution in [1.82, 2.24) is 19.7 Å². The van der Waals surface area contributed by atoms with Gasteiger partial charge in [0.1, 0.15) is 5.82 Å². The van der Waals surface area contributed by atoms with Crippen LogP contribution in [0.2, 0.25) is 5.02 Å². The zero-order chi connectivity index (χ0) is 22.1. The molecule has 6 nitrogen and oxygen atoms in total. The number of thioether (sulfide) groups is 1. The van der Waals surface area contributed by atoms with Gasteiger partial charge in [0.25, 0.3) is 5.56 Å². The van der Waals surface area contributed by atoms with E-state index in [0.717, 1.165) is 5.56 Å². The van der Waals surface area contributed by atoms with Gasteiger partial charge in [0.05, 0.1) is 22.3 Å². The summed E-state index contributed by atoms with van der Waals surface area (Å²) in [7, 11) is 0. The van der Waals surface area contributed by atoms with Gasteiger partial charge in [-0.15, -0.1) is 0 Å². The summed E-state index contributed by atoms with van der Waals surface area (Å²) in [5.74, 6) is 0.468. The molecule has 0 bridgehead atoms. The van der Waals surface area contributed by atoms with E-state index in [4.69, 9.17) is 16.1 Å². The lowest BCUT2D eigenvalue weighted by molar-refractivity contribution is 0.391. The van der Waals surface area contributed by atoms with E-state index in [-0.39, 0.29) is 17.0 Å². The van der Waals surface area contributed by atoms with Crippen LogP contribution in [0.25, 0.3) is 28.0 Å². The topological polar surface area (TPSA) is 73.8 Å². The molecule has 0 N–H and O–H groups in total. The molecule has 0 radical (unpaired) electrons. The molecule has 0 spiro atoms. The summed E-state index contributed by atoms with van der Waals surface area (Å²) in [5, 5.41) is 5.29. The summed E-state index contributed by atoms with van der Waals surface area (Å²) in [4.78, 5) is 22.2. The SMILES string of the molecule is O=c1c2ccccc2nc(SCc2nc(-c3cccc(Cl)c3)no2)n1-c1ccccc1F. The highest BCUT2D eigenvalue weighted by Gasteiger charge is 2.17. The molecule has 0 unspecified atom stereocenters. The van der Waals surface area contributed by atoms with Crippen molar-refractivity contribution in [1.29, 1.82) is 0 Å². The predicted molar refractivity (Wildman–Crippen MR) is 122 cm³/mol. The Bertz CT molecular complexity index is 1500. The second-order valence-corrected chi connectivity index (χ2v) is 8.19. The van der Waals surface area contributed by atoms with E-state index in [1.165, 1.54) is 22.4 Å². The first-order valence-electron chi connectivity index (χ1n) is 9.58. The van der Waals surface area contributed by atoms with Crippen molar-refractivity contribution in [3.05, 3.63) is 99.9 Å². The summed E-state index contributed by atoms with van der Waals surface area (Å²) in [5.41, 5.74) is 1.03. The number of aromatic nitrogens is 4. The molecule has 0 fully saturated rings. The maximum atomic E-state index is 14.6. The molecule has 3 aromatic carbocycles. The normalized spacial score (nSPS) is 11.2. The zero-order valence-electron chi connectivity index (χ0n) is 16.4.